The molecule has 1 saturated heterocycles. The maximum Gasteiger partial charge on any atom is 0.433 e. The summed E-state index contributed by atoms with van der Waals surface area (Å²) in [6.45, 7) is 0.497. The Morgan fingerprint density at radius 1 is 1.32 bits per heavy atom. The minimum absolute atomic E-state index is 0.106. The molecular weight excluding hydrogens is 259 g/mol. The van der Waals surface area contributed by atoms with Crippen LogP contribution in [-0.4, -0.2) is 23.6 Å². The van der Waals surface area contributed by atoms with Gasteiger partial charge < -0.3 is 5.32 Å². The average Bonchev–Trinajstić information content (AvgIpc) is 3.12. The first-order valence-corrected chi connectivity index (χ1v) is 6.06. The number of halogens is 3. The predicted molar refractivity (Wildman–Crippen MR) is 61.6 cm³/mol. The van der Waals surface area contributed by atoms with Gasteiger partial charge in [0.05, 0.1) is 17.9 Å². The summed E-state index contributed by atoms with van der Waals surface area (Å²) in [5.41, 5.74) is -0.553. The Bertz CT molecular complexity index is 496. The highest BCUT2D eigenvalue weighted by atomic mass is 19.4. The fraction of sp³-hybridized carbons (Fsp3) is 0.500. The Morgan fingerprint density at radius 3 is 2.58 bits per heavy atom. The third kappa shape index (κ3) is 2.36. The van der Waals surface area contributed by atoms with Gasteiger partial charge in [0.2, 0.25) is 0 Å². The van der Waals surface area contributed by atoms with E-state index in [0.717, 1.165) is 25.1 Å². The number of pyridine rings is 1. The average molecular weight is 271 g/mol. The highest BCUT2D eigenvalue weighted by Gasteiger charge is 2.40. The summed E-state index contributed by atoms with van der Waals surface area (Å²) in [6, 6.07) is 2.02. The van der Waals surface area contributed by atoms with Gasteiger partial charge in [-0.15, -0.1) is 0 Å². The van der Waals surface area contributed by atoms with Crippen molar-refractivity contribution in [2.75, 3.05) is 11.4 Å². The number of anilines is 1. The van der Waals surface area contributed by atoms with Gasteiger partial charge in [-0.25, -0.2) is 9.78 Å². The molecule has 1 aliphatic carbocycles. The lowest BCUT2D eigenvalue weighted by molar-refractivity contribution is -0.141. The molecule has 0 aromatic carbocycles. The number of urea groups is 1. The van der Waals surface area contributed by atoms with E-state index in [-0.39, 0.29) is 12.1 Å². The van der Waals surface area contributed by atoms with E-state index in [1.54, 1.807) is 0 Å². The van der Waals surface area contributed by atoms with Crippen LogP contribution in [-0.2, 0) is 6.18 Å². The van der Waals surface area contributed by atoms with Crippen LogP contribution in [0.2, 0.25) is 0 Å². The fourth-order valence-electron chi connectivity index (χ4n) is 2.26. The molecule has 1 saturated carbocycles. The van der Waals surface area contributed by atoms with Gasteiger partial charge in [-0.1, -0.05) is 0 Å². The van der Waals surface area contributed by atoms with E-state index in [1.807, 2.05) is 0 Å². The summed E-state index contributed by atoms with van der Waals surface area (Å²) in [5.74, 6) is 0.511. The molecule has 2 amide bonds. The van der Waals surface area contributed by atoms with Crippen molar-refractivity contribution in [3.05, 3.63) is 24.0 Å². The van der Waals surface area contributed by atoms with Crippen LogP contribution in [0.5, 0.6) is 0 Å². The van der Waals surface area contributed by atoms with Crippen molar-refractivity contribution in [2.45, 2.75) is 25.1 Å². The third-order valence-corrected chi connectivity index (χ3v) is 3.47. The normalized spacial score (nSPS) is 23.6. The van der Waals surface area contributed by atoms with Crippen LogP contribution in [0.3, 0.4) is 0 Å². The Kier molecular flexibility index (Phi) is 2.65. The summed E-state index contributed by atoms with van der Waals surface area (Å²) in [7, 11) is 0. The molecule has 102 valence electrons. The molecule has 0 unspecified atom stereocenters. The molecule has 1 aromatic heterocycles. The lowest BCUT2D eigenvalue weighted by Gasteiger charge is -2.15. The highest BCUT2D eigenvalue weighted by Crippen LogP contribution is 2.36. The summed E-state index contributed by atoms with van der Waals surface area (Å²) in [4.78, 5) is 16.6. The van der Waals surface area contributed by atoms with Gasteiger partial charge in [0.15, 0.2) is 0 Å². The minimum Gasteiger partial charge on any atom is -0.333 e. The molecule has 1 aliphatic heterocycles. The molecule has 1 aromatic rings. The van der Waals surface area contributed by atoms with E-state index in [1.165, 1.54) is 11.0 Å². The number of aromatic nitrogens is 1. The number of nitrogens with zero attached hydrogens (tertiary/aromatic N) is 2. The number of hydrogen-bond acceptors (Lipinski definition) is 2. The molecule has 4 nitrogen and oxygen atoms in total. The van der Waals surface area contributed by atoms with E-state index in [9.17, 15) is 18.0 Å². The number of carbonyl (C=O) groups is 1. The van der Waals surface area contributed by atoms with E-state index in [4.69, 9.17) is 0 Å². The van der Waals surface area contributed by atoms with Crippen LogP contribution in [0.1, 0.15) is 18.5 Å². The van der Waals surface area contributed by atoms with E-state index in [2.05, 4.69) is 10.3 Å². The van der Waals surface area contributed by atoms with E-state index in [0.29, 0.717) is 18.2 Å². The molecular formula is C12H12F3N3O. The number of rotatable bonds is 2. The summed E-state index contributed by atoms with van der Waals surface area (Å²) >= 11 is 0. The number of amides is 2. The molecule has 1 atom stereocenters. The monoisotopic (exact) mass is 271 g/mol. The third-order valence-electron chi connectivity index (χ3n) is 3.47. The highest BCUT2D eigenvalue weighted by molar-refractivity contribution is 5.94. The van der Waals surface area contributed by atoms with Crippen LogP contribution in [0.4, 0.5) is 23.7 Å². The molecule has 2 heterocycles. The number of hydrogen-bond donors (Lipinski definition) is 1. The van der Waals surface area contributed by atoms with Crippen LogP contribution in [0.25, 0.3) is 0 Å². The van der Waals surface area contributed by atoms with Crippen molar-refractivity contribution in [2.24, 2.45) is 5.92 Å². The van der Waals surface area contributed by atoms with Gasteiger partial charge in [0.25, 0.3) is 0 Å². The molecule has 1 N–H and O–H groups in total. The smallest absolute Gasteiger partial charge is 0.333 e. The van der Waals surface area contributed by atoms with Crippen molar-refractivity contribution < 1.29 is 18.0 Å². The van der Waals surface area contributed by atoms with Gasteiger partial charge >= 0.3 is 12.2 Å². The minimum atomic E-state index is -4.46. The van der Waals surface area contributed by atoms with Crippen LogP contribution in [0.15, 0.2) is 18.3 Å². The maximum absolute atomic E-state index is 12.4. The van der Waals surface area contributed by atoms with Gasteiger partial charge in [0.1, 0.15) is 5.69 Å². The molecule has 0 spiro atoms. The number of carbonyl (C=O) groups excluding carboxylic acids is 1. The molecule has 2 aliphatic rings. The summed E-state index contributed by atoms with van der Waals surface area (Å²) < 4.78 is 37.2. The van der Waals surface area contributed by atoms with Crippen molar-refractivity contribution >= 4 is 11.7 Å². The Labute approximate surface area is 107 Å². The second kappa shape index (κ2) is 4.11. The molecule has 0 bridgehead atoms. The second-order valence-electron chi connectivity index (χ2n) is 4.90. The van der Waals surface area contributed by atoms with Crippen molar-refractivity contribution in [3.63, 3.8) is 0 Å². The van der Waals surface area contributed by atoms with Gasteiger partial charge in [-0.3, -0.25) is 4.90 Å². The number of alkyl halides is 3. The zero-order chi connectivity index (χ0) is 13.6. The van der Waals surface area contributed by atoms with Gasteiger partial charge in [-0.2, -0.15) is 13.2 Å². The van der Waals surface area contributed by atoms with E-state index < -0.39 is 11.9 Å². The Balaban J connectivity index is 1.77. The SMILES string of the molecule is O=C1N[C@@H](C2CC2)CN1c1ccc(C(F)(F)F)nc1. The van der Waals surface area contributed by atoms with Crippen molar-refractivity contribution in [1.29, 1.82) is 0 Å². The summed E-state index contributed by atoms with van der Waals surface area (Å²) in [5, 5.41) is 2.85. The van der Waals surface area contributed by atoms with E-state index >= 15 is 0 Å². The Morgan fingerprint density at radius 2 is 2.05 bits per heavy atom. The Hall–Kier alpha value is -1.79. The quantitative estimate of drug-likeness (QED) is 0.897. The zero-order valence-electron chi connectivity index (χ0n) is 9.94. The molecule has 0 radical (unpaired) electrons. The molecule has 19 heavy (non-hydrogen) atoms. The van der Waals surface area contributed by atoms with Crippen LogP contribution < -0.4 is 10.2 Å². The standard InChI is InChI=1S/C12H12F3N3O/c13-12(14,15)10-4-3-8(5-16-10)18-6-9(7-1-2-7)17-11(18)19/h3-5,7,9H,1-2,6H2,(H,17,19)/t9-/m1/s1. The van der Waals surface area contributed by atoms with Crippen molar-refractivity contribution in [1.82, 2.24) is 10.3 Å². The van der Waals surface area contributed by atoms with Crippen LogP contribution in [0, 0.1) is 5.92 Å². The first-order chi connectivity index (χ1) is 8.95. The van der Waals surface area contributed by atoms with Crippen molar-refractivity contribution in [3.8, 4) is 0 Å². The molecule has 3 rings (SSSR count). The van der Waals surface area contributed by atoms with Gasteiger partial charge in [0, 0.05) is 6.54 Å². The maximum atomic E-state index is 12.4. The lowest BCUT2D eigenvalue weighted by Crippen LogP contribution is -2.29. The predicted octanol–water partition coefficient (Wildman–Crippen LogP) is 2.41. The lowest BCUT2D eigenvalue weighted by atomic mass is 10.2. The first-order valence-electron chi connectivity index (χ1n) is 6.06. The fourth-order valence-corrected chi connectivity index (χ4v) is 2.26. The number of nitrogens with one attached hydrogen (secondary N) is 1. The van der Waals surface area contributed by atoms with Gasteiger partial charge in [-0.05, 0) is 30.9 Å². The largest absolute Gasteiger partial charge is 0.433 e. The summed E-state index contributed by atoms with van der Waals surface area (Å²) in [6.07, 6.45) is -1.16. The second-order valence-corrected chi connectivity index (χ2v) is 4.90. The topological polar surface area (TPSA) is 45.2 Å². The molecule has 2 fully saturated rings. The first kappa shape index (κ1) is 12.3. The molecule has 7 heteroatoms. The van der Waals surface area contributed by atoms with Crippen LogP contribution >= 0.6 is 0 Å². The zero-order valence-corrected chi connectivity index (χ0v) is 9.94.